The summed E-state index contributed by atoms with van der Waals surface area (Å²) in [6.45, 7) is 1.84. The van der Waals surface area contributed by atoms with Gasteiger partial charge in [-0.15, -0.1) is 0 Å². The van der Waals surface area contributed by atoms with E-state index < -0.39 is 0 Å². The van der Waals surface area contributed by atoms with E-state index in [0.717, 1.165) is 52.8 Å². The molecule has 11 nitrogen and oxygen atoms in total. The number of nitrogens with zero attached hydrogens (tertiary/aromatic N) is 6. The van der Waals surface area contributed by atoms with Crippen molar-refractivity contribution in [3.63, 3.8) is 0 Å². The Morgan fingerprint density at radius 2 is 1.89 bits per heavy atom. The Bertz CT molecular complexity index is 1780. The summed E-state index contributed by atoms with van der Waals surface area (Å²) in [6.07, 6.45) is 8.09. The molecule has 1 saturated carbocycles. The van der Waals surface area contributed by atoms with Crippen molar-refractivity contribution in [2.24, 2.45) is 0 Å². The highest BCUT2D eigenvalue weighted by atomic mass is 16.5. The number of rotatable bonds is 9. The number of hydrogen-bond acceptors (Lipinski definition) is 8. The maximum atomic E-state index is 13.6. The highest BCUT2D eigenvalue weighted by Gasteiger charge is 2.34. The molecule has 5 aromatic rings. The van der Waals surface area contributed by atoms with Crippen molar-refractivity contribution >= 4 is 28.3 Å². The molecule has 2 aliphatic rings. The lowest BCUT2D eigenvalue weighted by Crippen LogP contribution is -2.51. The zero-order chi connectivity index (χ0) is 30.2. The highest BCUT2D eigenvalue weighted by molar-refractivity contribution is 5.96. The number of nitrogens with one attached hydrogen (secondary N) is 1. The fourth-order valence-corrected chi connectivity index (χ4v) is 6.40. The number of amides is 1. The summed E-state index contributed by atoms with van der Waals surface area (Å²) in [5.74, 6) is -0.222. The Kier molecular flexibility index (Phi) is 7.75. The molecule has 0 spiro atoms. The predicted molar refractivity (Wildman–Crippen MR) is 167 cm³/mol. The zero-order valence-corrected chi connectivity index (χ0v) is 25.2. The summed E-state index contributed by atoms with van der Waals surface area (Å²) in [5, 5.41) is 9.16. The zero-order valence-electron chi connectivity index (χ0n) is 25.2. The molecule has 7 rings (SSSR count). The second-order valence-corrected chi connectivity index (χ2v) is 11.6. The van der Waals surface area contributed by atoms with Crippen LogP contribution in [0.5, 0.6) is 0 Å². The van der Waals surface area contributed by atoms with Gasteiger partial charge in [0.1, 0.15) is 11.8 Å². The smallest absolute Gasteiger partial charge is 0.271 e. The number of methoxy groups -OCH3 is 2. The van der Waals surface area contributed by atoms with Crippen molar-refractivity contribution in [2.45, 2.75) is 50.1 Å². The second kappa shape index (κ2) is 12.0. The van der Waals surface area contributed by atoms with Crippen LogP contribution >= 0.6 is 0 Å². The van der Waals surface area contributed by atoms with Crippen LogP contribution in [0.3, 0.4) is 0 Å². The predicted octanol–water partition coefficient (Wildman–Crippen LogP) is 4.27. The molecule has 4 atom stereocenters. The Morgan fingerprint density at radius 1 is 1.05 bits per heavy atom. The van der Waals surface area contributed by atoms with Crippen LogP contribution in [-0.2, 0) is 20.8 Å². The molecule has 4 aromatic heterocycles. The number of fused-ring (bicyclic) bond motifs is 2. The number of anilines is 1. The second-order valence-electron chi connectivity index (χ2n) is 11.6. The van der Waals surface area contributed by atoms with Crippen molar-refractivity contribution in [3.8, 4) is 11.3 Å². The third kappa shape index (κ3) is 5.10. The van der Waals surface area contributed by atoms with Gasteiger partial charge >= 0.3 is 0 Å². The van der Waals surface area contributed by atoms with Crippen molar-refractivity contribution in [1.29, 1.82) is 0 Å². The minimum atomic E-state index is -0.222. The minimum absolute atomic E-state index is 0.0222. The number of imidazole rings is 1. The number of hydrogen-bond donors (Lipinski definition) is 1. The number of carbonyl (C=O) groups is 1. The summed E-state index contributed by atoms with van der Waals surface area (Å²) in [4.78, 5) is 25.2. The molecule has 0 radical (unpaired) electrons. The van der Waals surface area contributed by atoms with Gasteiger partial charge in [0.2, 0.25) is 0 Å². The molecule has 1 aliphatic heterocycles. The van der Waals surface area contributed by atoms with Crippen LogP contribution in [0.2, 0.25) is 0 Å². The van der Waals surface area contributed by atoms with Crippen LogP contribution in [0.25, 0.3) is 27.9 Å². The average molecular weight is 596 g/mol. The first-order valence-corrected chi connectivity index (χ1v) is 15.1. The fourth-order valence-electron chi connectivity index (χ4n) is 6.40. The average Bonchev–Trinajstić information content (AvgIpc) is 3.65. The van der Waals surface area contributed by atoms with Gasteiger partial charge < -0.3 is 29.0 Å². The van der Waals surface area contributed by atoms with E-state index in [1.165, 1.54) is 0 Å². The molecule has 228 valence electrons. The maximum absolute atomic E-state index is 13.6. The first-order chi connectivity index (χ1) is 21.6. The van der Waals surface area contributed by atoms with E-state index in [0.29, 0.717) is 31.1 Å². The molecule has 1 amide bonds. The summed E-state index contributed by atoms with van der Waals surface area (Å²) in [6, 6.07) is 16.4. The summed E-state index contributed by atoms with van der Waals surface area (Å²) in [7, 11) is 5.44. The van der Waals surface area contributed by atoms with Crippen molar-refractivity contribution < 1.29 is 19.0 Å². The fraction of sp³-hybridized carbons (Fsp3) is 0.394. The molecule has 5 heterocycles. The van der Waals surface area contributed by atoms with Gasteiger partial charge in [0, 0.05) is 57.8 Å². The molecule has 1 saturated heterocycles. The van der Waals surface area contributed by atoms with Crippen molar-refractivity contribution in [1.82, 2.24) is 29.5 Å². The molecule has 2 fully saturated rings. The third-order valence-corrected chi connectivity index (χ3v) is 8.98. The Balaban J connectivity index is 1.36. The van der Waals surface area contributed by atoms with E-state index in [4.69, 9.17) is 29.3 Å². The quantitative estimate of drug-likeness (QED) is 0.269. The number of aromatic nitrogens is 5. The van der Waals surface area contributed by atoms with Crippen LogP contribution in [0.15, 0.2) is 67.1 Å². The summed E-state index contributed by atoms with van der Waals surface area (Å²) >= 11 is 0. The molecule has 11 heteroatoms. The van der Waals surface area contributed by atoms with E-state index in [1.807, 2.05) is 37.5 Å². The molecule has 1 N–H and O–H groups in total. The van der Waals surface area contributed by atoms with E-state index in [2.05, 4.69) is 45.2 Å². The van der Waals surface area contributed by atoms with E-state index >= 15 is 0 Å². The summed E-state index contributed by atoms with van der Waals surface area (Å²) in [5.41, 5.74) is 5.51. The number of carbonyl (C=O) groups excluding carboxylic acids is 1. The molecular formula is C33H37N7O4. The molecule has 0 unspecified atom stereocenters. The lowest BCUT2D eigenvalue weighted by molar-refractivity contribution is -0.0592. The Hall–Kier alpha value is -4.32. The van der Waals surface area contributed by atoms with Crippen LogP contribution in [0.1, 0.15) is 41.4 Å². The topological polar surface area (TPSA) is 108 Å². The lowest BCUT2D eigenvalue weighted by Gasteiger charge is -2.35. The van der Waals surface area contributed by atoms with Crippen molar-refractivity contribution in [2.75, 3.05) is 39.4 Å². The monoisotopic (exact) mass is 595 g/mol. The van der Waals surface area contributed by atoms with E-state index in [1.54, 1.807) is 24.9 Å². The Morgan fingerprint density at radius 3 is 2.66 bits per heavy atom. The van der Waals surface area contributed by atoms with Crippen LogP contribution in [-0.4, -0.2) is 82.8 Å². The molecule has 44 heavy (non-hydrogen) atoms. The number of ether oxygens (including phenoxy) is 3. The molecule has 1 aromatic carbocycles. The van der Waals surface area contributed by atoms with Crippen molar-refractivity contribution in [3.05, 3.63) is 78.4 Å². The van der Waals surface area contributed by atoms with Gasteiger partial charge in [0.25, 0.3) is 5.91 Å². The van der Waals surface area contributed by atoms with Gasteiger partial charge in [0.15, 0.2) is 11.3 Å². The first-order valence-electron chi connectivity index (χ1n) is 15.1. The SMILES string of the molecule is CO[C@H]1COCC[C@@H]1n1cc(-c2cc(N(C)Cc3ccccc3)c3ncc(C(=O)N[C@@H]4CC[C@H]4OC)n3n2)c2cccnc21. The number of benzene rings is 1. The normalized spacial score (nSPS) is 21.8. The van der Waals surface area contributed by atoms with Crippen LogP contribution in [0.4, 0.5) is 5.69 Å². The molecular weight excluding hydrogens is 558 g/mol. The van der Waals surface area contributed by atoms with Gasteiger partial charge in [-0.2, -0.15) is 5.10 Å². The highest BCUT2D eigenvalue weighted by Crippen LogP contribution is 2.36. The maximum Gasteiger partial charge on any atom is 0.271 e. The van der Waals surface area contributed by atoms with Gasteiger partial charge in [-0.3, -0.25) is 4.79 Å². The summed E-state index contributed by atoms with van der Waals surface area (Å²) < 4.78 is 20.9. The Labute approximate surface area is 255 Å². The first kappa shape index (κ1) is 28.5. The molecule has 1 aliphatic carbocycles. The standard InChI is InChI=1S/C33H37N7O4/c1-38(18-21-8-5-4-6-9-21)27-16-25(37-40-28(17-35-32(27)40)33(41)36-24-11-12-29(24)42-2)23-19-39(31-22(23)10-7-14-34-31)26-13-15-44-20-30(26)43-3/h4-10,14,16-17,19,24,26,29-30H,11-13,15,18,20H2,1-3H3,(H,36,41)/t24-,26+,29-,30+/m1/s1. The van der Waals surface area contributed by atoms with E-state index in [-0.39, 0.29) is 30.2 Å². The van der Waals surface area contributed by atoms with Gasteiger partial charge in [-0.05, 0) is 43.0 Å². The number of pyridine rings is 1. The minimum Gasteiger partial charge on any atom is -0.379 e. The van der Waals surface area contributed by atoms with Gasteiger partial charge in [-0.25, -0.2) is 14.5 Å². The van der Waals surface area contributed by atoms with Gasteiger partial charge in [-0.1, -0.05) is 30.3 Å². The van der Waals surface area contributed by atoms with E-state index in [9.17, 15) is 4.79 Å². The third-order valence-electron chi connectivity index (χ3n) is 8.98. The van der Waals surface area contributed by atoms with Crippen LogP contribution < -0.4 is 10.2 Å². The molecule has 0 bridgehead atoms. The lowest BCUT2D eigenvalue weighted by atomic mass is 9.89. The van der Waals surface area contributed by atoms with Crippen LogP contribution in [0, 0.1) is 0 Å². The van der Waals surface area contributed by atoms with Gasteiger partial charge in [0.05, 0.1) is 42.4 Å². The largest absolute Gasteiger partial charge is 0.379 e.